The van der Waals surface area contributed by atoms with E-state index in [1.54, 1.807) is 24.9 Å². The normalized spacial score (nSPS) is 10.7. The Morgan fingerprint density at radius 1 is 1.38 bits per heavy atom. The fourth-order valence-corrected chi connectivity index (χ4v) is 2.06. The highest BCUT2D eigenvalue weighted by Gasteiger charge is 2.20. The standard InChI is InChI=1S/C14H19N5O2/c1-10-12(8-16-11(2)17-10)14(21)19(6-7-20)9-13-15-4-5-18(13)3/h4-5,8,20H,6-7,9H2,1-3H3. The summed E-state index contributed by atoms with van der Waals surface area (Å²) in [5, 5.41) is 9.19. The van der Waals surface area contributed by atoms with E-state index < -0.39 is 0 Å². The smallest absolute Gasteiger partial charge is 0.257 e. The molecule has 1 amide bonds. The number of rotatable bonds is 5. The lowest BCUT2D eigenvalue weighted by Gasteiger charge is -2.22. The molecule has 0 unspecified atom stereocenters. The number of aryl methyl sites for hydroxylation is 3. The van der Waals surface area contributed by atoms with Crippen LogP contribution in [0.25, 0.3) is 0 Å². The van der Waals surface area contributed by atoms with Crippen LogP contribution in [0.15, 0.2) is 18.6 Å². The number of hydrogen-bond acceptors (Lipinski definition) is 5. The number of carbonyl (C=O) groups is 1. The van der Waals surface area contributed by atoms with Crippen molar-refractivity contribution < 1.29 is 9.90 Å². The summed E-state index contributed by atoms with van der Waals surface area (Å²) in [6.45, 7) is 4.01. The van der Waals surface area contributed by atoms with Gasteiger partial charge in [0, 0.05) is 32.2 Å². The number of carbonyl (C=O) groups excluding carboxylic acids is 1. The zero-order chi connectivity index (χ0) is 15.4. The zero-order valence-electron chi connectivity index (χ0n) is 12.4. The topological polar surface area (TPSA) is 84.1 Å². The van der Waals surface area contributed by atoms with Gasteiger partial charge in [0.1, 0.15) is 11.6 Å². The van der Waals surface area contributed by atoms with Gasteiger partial charge in [-0.25, -0.2) is 15.0 Å². The van der Waals surface area contributed by atoms with E-state index in [0.29, 0.717) is 23.6 Å². The largest absolute Gasteiger partial charge is 0.395 e. The summed E-state index contributed by atoms with van der Waals surface area (Å²) < 4.78 is 1.84. The van der Waals surface area contributed by atoms with Crippen molar-refractivity contribution in [3.05, 3.63) is 41.5 Å². The summed E-state index contributed by atoms with van der Waals surface area (Å²) in [6.07, 6.45) is 5.02. The highest BCUT2D eigenvalue weighted by Crippen LogP contribution is 2.11. The van der Waals surface area contributed by atoms with Gasteiger partial charge < -0.3 is 14.6 Å². The second-order valence-electron chi connectivity index (χ2n) is 4.82. The van der Waals surface area contributed by atoms with Crippen LogP contribution in [0.4, 0.5) is 0 Å². The van der Waals surface area contributed by atoms with Crippen molar-refractivity contribution in [2.75, 3.05) is 13.2 Å². The molecule has 0 aliphatic rings. The van der Waals surface area contributed by atoms with Gasteiger partial charge in [-0.05, 0) is 13.8 Å². The van der Waals surface area contributed by atoms with E-state index in [0.717, 1.165) is 5.82 Å². The van der Waals surface area contributed by atoms with Crippen LogP contribution in [0.5, 0.6) is 0 Å². The average Bonchev–Trinajstić information content (AvgIpc) is 2.83. The fourth-order valence-electron chi connectivity index (χ4n) is 2.06. The van der Waals surface area contributed by atoms with E-state index in [-0.39, 0.29) is 19.1 Å². The van der Waals surface area contributed by atoms with Crippen molar-refractivity contribution in [2.45, 2.75) is 20.4 Å². The van der Waals surface area contributed by atoms with Gasteiger partial charge >= 0.3 is 0 Å². The van der Waals surface area contributed by atoms with E-state index >= 15 is 0 Å². The first-order valence-electron chi connectivity index (χ1n) is 6.69. The SMILES string of the molecule is Cc1ncc(C(=O)N(CCO)Cc2nccn2C)c(C)n1. The first-order chi connectivity index (χ1) is 10.0. The van der Waals surface area contributed by atoms with Crippen LogP contribution in [0.3, 0.4) is 0 Å². The third-order valence-electron chi connectivity index (χ3n) is 3.24. The number of nitrogens with zero attached hydrogens (tertiary/aromatic N) is 5. The summed E-state index contributed by atoms with van der Waals surface area (Å²) >= 11 is 0. The molecule has 0 bridgehead atoms. The Bertz CT molecular complexity index is 638. The molecule has 7 nitrogen and oxygen atoms in total. The molecular weight excluding hydrogens is 270 g/mol. The van der Waals surface area contributed by atoms with Crippen molar-refractivity contribution >= 4 is 5.91 Å². The van der Waals surface area contributed by atoms with Crippen LogP contribution in [-0.4, -0.2) is 48.6 Å². The summed E-state index contributed by atoms with van der Waals surface area (Å²) in [5.41, 5.74) is 1.08. The Morgan fingerprint density at radius 3 is 2.71 bits per heavy atom. The second-order valence-corrected chi connectivity index (χ2v) is 4.82. The van der Waals surface area contributed by atoms with Crippen LogP contribution in [0.1, 0.15) is 27.7 Å². The third kappa shape index (κ3) is 3.43. The molecule has 0 aliphatic carbocycles. The molecule has 0 aromatic carbocycles. The van der Waals surface area contributed by atoms with Crippen molar-refractivity contribution in [3.63, 3.8) is 0 Å². The molecule has 0 saturated heterocycles. The van der Waals surface area contributed by atoms with Crippen molar-refractivity contribution in [2.24, 2.45) is 7.05 Å². The lowest BCUT2D eigenvalue weighted by atomic mass is 10.2. The molecule has 2 aromatic rings. The molecule has 112 valence electrons. The molecule has 7 heteroatoms. The van der Waals surface area contributed by atoms with Gasteiger partial charge in [0.2, 0.25) is 0 Å². The minimum absolute atomic E-state index is 0.109. The van der Waals surface area contributed by atoms with E-state index in [4.69, 9.17) is 0 Å². The highest BCUT2D eigenvalue weighted by atomic mass is 16.3. The average molecular weight is 289 g/mol. The van der Waals surface area contributed by atoms with Crippen molar-refractivity contribution in [1.29, 1.82) is 0 Å². The number of aromatic nitrogens is 4. The lowest BCUT2D eigenvalue weighted by Crippen LogP contribution is -2.34. The van der Waals surface area contributed by atoms with Gasteiger partial charge in [0.25, 0.3) is 5.91 Å². The molecule has 0 fully saturated rings. The summed E-state index contributed by atoms with van der Waals surface area (Å²) in [7, 11) is 1.87. The molecular formula is C14H19N5O2. The molecule has 0 spiro atoms. The molecule has 0 aliphatic heterocycles. The number of aliphatic hydroxyl groups is 1. The third-order valence-corrected chi connectivity index (χ3v) is 3.24. The summed E-state index contributed by atoms with van der Waals surface area (Å²) in [4.78, 5) is 26.6. The van der Waals surface area contributed by atoms with Crippen LogP contribution < -0.4 is 0 Å². The maximum Gasteiger partial charge on any atom is 0.257 e. The van der Waals surface area contributed by atoms with Crippen LogP contribution in [0, 0.1) is 13.8 Å². The Kier molecular flexibility index (Phi) is 4.64. The summed E-state index contributed by atoms with van der Waals surface area (Å²) in [6, 6.07) is 0. The van der Waals surface area contributed by atoms with Crippen LogP contribution in [0.2, 0.25) is 0 Å². The predicted molar refractivity (Wildman–Crippen MR) is 76.5 cm³/mol. The Balaban J connectivity index is 2.25. The van der Waals surface area contributed by atoms with E-state index in [2.05, 4.69) is 15.0 Å². The van der Waals surface area contributed by atoms with Crippen LogP contribution >= 0.6 is 0 Å². The maximum absolute atomic E-state index is 12.6. The Labute approximate surface area is 123 Å². The molecule has 1 N–H and O–H groups in total. The predicted octanol–water partition coefficient (Wildman–Crippen LogP) is 0.462. The van der Waals surface area contributed by atoms with Crippen molar-refractivity contribution in [1.82, 2.24) is 24.4 Å². The molecule has 21 heavy (non-hydrogen) atoms. The van der Waals surface area contributed by atoms with Gasteiger partial charge in [-0.3, -0.25) is 4.79 Å². The van der Waals surface area contributed by atoms with Gasteiger partial charge in [-0.15, -0.1) is 0 Å². The molecule has 0 radical (unpaired) electrons. The fraction of sp³-hybridized carbons (Fsp3) is 0.429. The number of amides is 1. The molecule has 2 aromatic heterocycles. The van der Waals surface area contributed by atoms with E-state index in [9.17, 15) is 9.90 Å². The monoisotopic (exact) mass is 289 g/mol. The van der Waals surface area contributed by atoms with Gasteiger partial charge in [-0.1, -0.05) is 0 Å². The quantitative estimate of drug-likeness (QED) is 0.864. The minimum Gasteiger partial charge on any atom is -0.395 e. The first kappa shape index (κ1) is 15.1. The lowest BCUT2D eigenvalue weighted by molar-refractivity contribution is 0.0699. The molecule has 0 saturated carbocycles. The van der Waals surface area contributed by atoms with Gasteiger partial charge in [0.05, 0.1) is 24.4 Å². The minimum atomic E-state index is -0.204. The summed E-state index contributed by atoms with van der Waals surface area (Å²) in [5.74, 6) is 1.17. The molecule has 2 rings (SSSR count). The van der Waals surface area contributed by atoms with Crippen LogP contribution in [-0.2, 0) is 13.6 Å². The van der Waals surface area contributed by atoms with E-state index in [1.165, 1.54) is 6.20 Å². The Hall–Kier alpha value is -2.28. The second kappa shape index (κ2) is 6.45. The molecule has 2 heterocycles. The van der Waals surface area contributed by atoms with E-state index in [1.807, 2.05) is 17.8 Å². The maximum atomic E-state index is 12.6. The highest BCUT2D eigenvalue weighted by molar-refractivity contribution is 5.94. The first-order valence-corrected chi connectivity index (χ1v) is 6.69. The van der Waals surface area contributed by atoms with Gasteiger partial charge in [-0.2, -0.15) is 0 Å². The number of imidazole rings is 1. The Morgan fingerprint density at radius 2 is 2.14 bits per heavy atom. The number of hydrogen-bond donors (Lipinski definition) is 1. The molecule has 0 atom stereocenters. The zero-order valence-corrected chi connectivity index (χ0v) is 12.4. The van der Waals surface area contributed by atoms with Gasteiger partial charge in [0.15, 0.2) is 0 Å². The van der Waals surface area contributed by atoms with Crippen molar-refractivity contribution in [3.8, 4) is 0 Å². The number of aliphatic hydroxyl groups excluding tert-OH is 1.